The minimum Gasteiger partial charge on any atom is -0.492 e. The van der Waals surface area contributed by atoms with Gasteiger partial charge in [0.25, 0.3) is 5.91 Å². The normalized spacial score (nSPS) is 13.0. The van der Waals surface area contributed by atoms with Gasteiger partial charge in [-0.25, -0.2) is 4.39 Å². The number of nitrogens with zero attached hydrogens (tertiary/aromatic N) is 1. The monoisotopic (exact) mass is 516 g/mol. The Hall–Kier alpha value is -2.97. The minimum absolute atomic E-state index is 0.0345. The summed E-state index contributed by atoms with van der Waals surface area (Å²) in [6.07, 6.45) is 4.52. The maximum absolute atomic E-state index is 14.8. The van der Waals surface area contributed by atoms with Crippen molar-refractivity contribution in [1.29, 1.82) is 0 Å². The maximum atomic E-state index is 14.8. The van der Waals surface area contributed by atoms with Gasteiger partial charge in [-0.05, 0) is 48.9 Å². The summed E-state index contributed by atoms with van der Waals surface area (Å²) in [7, 11) is 0. The van der Waals surface area contributed by atoms with Crippen LogP contribution < -0.4 is 15.0 Å². The predicted molar refractivity (Wildman–Crippen MR) is 135 cm³/mol. The van der Waals surface area contributed by atoms with Crippen LogP contribution >= 0.6 is 23.4 Å². The van der Waals surface area contributed by atoms with Gasteiger partial charge in [-0.15, -0.1) is 11.8 Å². The molecule has 0 spiro atoms. The van der Waals surface area contributed by atoms with Crippen molar-refractivity contribution in [3.8, 4) is 5.75 Å². The van der Waals surface area contributed by atoms with Crippen LogP contribution in [0.1, 0.15) is 47.9 Å². The molecule has 1 N–H and O–H groups in total. The first-order chi connectivity index (χ1) is 17.0. The van der Waals surface area contributed by atoms with E-state index in [9.17, 15) is 14.0 Å². The van der Waals surface area contributed by atoms with Crippen molar-refractivity contribution in [3.05, 3.63) is 76.5 Å². The summed E-state index contributed by atoms with van der Waals surface area (Å²) in [6, 6.07) is 11.5. The van der Waals surface area contributed by atoms with E-state index in [-0.39, 0.29) is 41.2 Å². The molecule has 0 unspecified atom stereocenters. The Balaban J connectivity index is 1.52. The van der Waals surface area contributed by atoms with E-state index in [1.807, 2.05) is 0 Å². The minimum atomic E-state index is -0.502. The van der Waals surface area contributed by atoms with Crippen LogP contribution in [0, 0.1) is 5.82 Å². The molecule has 0 atom stereocenters. The highest BCUT2D eigenvalue weighted by molar-refractivity contribution is 8.00. The SMILES string of the molecule is CCCCCOc1ccc(F)c(CN2C(=O)CSc3cc(C(=O)NCc4ccco4)ccc32)c1Cl. The number of thioether (sulfide) groups is 1. The Bertz CT molecular complexity index is 1200. The molecule has 1 aromatic heterocycles. The number of nitrogens with one attached hydrogen (secondary N) is 1. The maximum Gasteiger partial charge on any atom is 0.251 e. The number of benzene rings is 2. The Labute approximate surface area is 212 Å². The number of ether oxygens (including phenoxy) is 1. The standard InChI is InChI=1S/C26H26ClFN2O4S/c1-2-3-4-11-34-22-10-8-20(28)19(25(22)27)15-30-21-9-7-17(13-23(21)35-16-24(30)31)26(32)29-14-18-6-5-12-33-18/h5-10,12-13H,2-4,11,14-16H2,1H3,(H,29,32). The summed E-state index contributed by atoms with van der Waals surface area (Å²) in [6.45, 7) is 2.83. The molecule has 184 valence electrons. The molecule has 0 saturated carbocycles. The van der Waals surface area contributed by atoms with E-state index in [4.69, 9.17) is 20.8 Å². The summed E-state index contributed by atoms with van der Waals surface area (Å²) in [4.78, 5) is 27.6. The lowest BCUT2D eigenvalue weighted by Gasteiger charge is -2.30. The average molecular weight is 517 g/mol. The molecule has 0 saturated heterocycles. The third-order valence-corrected chi connectivity index (χ3v) is 7.08. The molecule has 0 bridgehead atoms. The number of halogens is 2. The number of carbonyl (C=O) groups excluding carboxylic acids is 2. The number of fused-ring (bicyclic) bond motifs is 1. The first kappa shape index (κ1) is 25.1. The lowest BCUT2D eigenvalue weighted by molar-refractivity contribution is -0.116. The molecule has 2 aromatic carbocycles. The van der Waals surface area contributed by atoms with E-state index < -0.39 is 5.82 Å². The molecular formula is C26H26ClFN2O4S. The first-order valence-electron chi connectivity index (χ1n) is 11.5. The fraction of sp³-hybridized carbons (Fsp3) is 0.308. The smallest absolute Gasteiger partial charge is 0.251 e. The second-order valence-electron chi connectivity index (χ2n) is 8.11. The van der Waals surface area contributed by atoms with Crippen molar-refractivity contribution < 1.29 is 23.1 Å². The molecule has 3 aromatic rings. The van der Waals surface area contributed by atoms with Gasteiger partial charge in [0.05, 0.1) is 42.4 Å². The molecule has 0 radical (unpaired) electrons. The van der Waals surface area contributed by atoms with Gasteiger partial charge in [0.2, 0.25) is 5.91 Å². The lowest BCUT2D eigenvalue weighted by atomic mass is 10.1. The molecule has 2 amide bonds. The summed E-state index contributed by atoms with van der Waals surface area (Å²) >= 11 is 7.84. The zero-order chi connectivity index (χ0) is 24.8. The topological polar surface area (TPSA) is 71.8 Å². The fourth-order valence-corrected chi connectivity index (χ4v) is 4.97. The van der Waals surface area contributed by atoms with Gasteiger partial charge in [0.1, 0.15) is 17.3 Å². The fourth-order valence-electron chi connectivity index (χ4n) is 3.73. The molecule has 35 heavy (non-hydrogen) atoms. The molecule has 0 fully saturated rings. The number of anilines is 1. The van der Waals surface area contributed by atoms with Crippen LogP contribution in [0.2, 0.25) is 5.02 Å². The second kappa shape index (κ2) is 11.6. The number of amides is 2. The van der Waals surface area contributed by atoms with Gasteiger partial charge in [-0.2, -0.15) is 0 Å². The van der Waals surface area contributed by atoms with Gasteiger partial charge in [-0.1, -0.05) is 31.4 Å². The highest BCUT2D eigenvalue weighted by Crippen LogP contribution is 2.39. The zero-order valence-corrected chi connectivity index (χ0v) is 20.9. The van der Waals surface area contributed by atoms with Gasteiger partial charge >= 0.3 is 0 Å². The van der Waals surface area contributed by atoms with E-state index in [1.165, 1.54) is 28.8 Å². The average Bonchev–Trinajstić information content (AvgIpc) is 3.38. The van der Waals surface area contributed by atoms with Crippen molar-refractivity contribution in [2.45, 2.75) is 44.2 Å². The summed E-state index contributed by atoms with van der Waals surface area (Å²) < 4.78 is 25.8. The Morgan fingerprint density at radius 1 is 1.26 bits per heavy atom. The number of hydrogen-bond acceptors (Lipinski definition) is 5. The van der Waals surface area contributed by atoms with E-state index in [0.29, 0.717) is 29.4 Å². The largest absolute Gasteiger partial charge is 0.492 e. The molecule has 2 heterocycles. The van der Waals surface area contributed by atoms with E-state index in [2.05, 4.69) is 12.2 Å². The Morgan fingerprint density at radius 3 is 2.89 bits per heavy atom. The highest BCUT2D eigenvalue weighted by atomic mass is 35.5. The second-order valence-corrected chi connectivity index (χ2v) is 9.50. The van der Waals surface area contributed by atoms with Crippen molar-refractivity contribution >= 4 is 40.9 Å². The molecule has 1 aliphatic rings. The van der Waals surface area contributed by atoms with Crippen LogP contribution in [0.15, 0.2) is 58.0 Å². The summed E-state index contributed by atoms with van der Waals surface area (Å²) in [5.74, 6) is 0.311. The quantitative estimate of drug-likeness (QED) is 0.324. The summed E-state index contributed by atoms with van der Waals surface area (Å²) in [5.41, 5.74) is 1.27. The highest BCUT2D eigenvalue weighted by Gasteiger charge is 2.28. The zero-order valence-electron chi connectivity index (χ0n) is 19.3. The van der Waals surface area contributed by atoms with Crippen LogP contribution in [0.5, 0.6) is 5.75 Å². The number of unbranched alkanes of at least 4 members (excludes halogenated alkanes) is 2. The molecule has 4 rings (SSSR count). The van der Waals surface area contributed by atoms with Crippen molar-refractivity contribution in [3.63, 3.8) is 0 Å². The lowest BCUT2D eigenvalue weighted by Crippen LogP contribution is -2.35. The number of furan rings is 1. The molecule has 6 nitrogen and oxygen atoms in total. The Morgan fingerprint density at radius 2 is 2.11 bits per heavy atom. The summed E-state index contributed by atoms with van der Waals surface area (Å²) in [5, 5.41) is 2.98. The first-order valence-corrected chi connectivity index (χ1v) is 12.8. The van der Waals surface area contributed by atoms with Crippen LogP contribution in [-0.2, 0) is 17.9 Å². The van der Waals surface area contributed by atoms with Crippen LogP contribution in [0.25, 0.3) is 0 Å². The van der Waals surface area contributed by atoms with Crippen molar-refractivity contribution in [2.75, 3.05) is 17.3 Å². The number of rotatable bonds is 10. The van der Waals surface area contributed by atoms with Gasteiger partial charge < -0.3 is 19.4 Å². The van der Waals surface area contributed by atoms with Crippen LogP contribution in [0.4, 0.5) is 10.1 Å². The van der Waals surface area contributed by atoms with E-state index >= 15 is 0 Å². The predicted octanol–water partition coefficient (Wildman–Crippen LogP) is 6.21. The van der Waals surface area contributed by atoms with E-state index in [0.717, 1.165) is 24.2 Å². The number of carbonyl (C=O) groups is 2. The van der Waals surface area contributed by atoms with Gasteiger partial charge in [-0.3, -0.25) is 9.59 Å². The molecular weight excluding hydrogens is 491 g/mol. The van der Waals surface area contributed by atoms with Gasteiger partial charge in [0, 0.05) is 16.0 Å². The van der Waals surface area contributed by atoms with E-state index in [1.54, 1.807) is 36.6 Å². The Kier molecular flexibility index (Phi) is 8.36. The molecule has 1 aliphatic heterocycles. The number of hydrogen-bond donors (Lipinski definition) is 1. The molecule has 9 heteroatoms. The van der Waals surface area contributed by atoms with Crippen molar-refractivity contribution in [1.82, 2.24) is 5.32 Å². The van der Waals surface area contributed by atoms with Gasteiger partial charge in [0.15, 0.2) is 0 Å². The van der Waals surface area contributed by atoms with Crippen LogP contribution in [-0.4, -0.2) is 24.2 Å². The third kappa shape index (κ3) is 6.00. The third-order valence-electron chi connectivity index (χ3n) is 5.64. The van der Waals surface area contributed by atoms with Crippen molar-refractivity contribution in [2.24, 2.45) is 0 Å². The molecule has 0 aliphatic carbocycles. The van der Waals surface area contributed by atoms with Crippen LogP contribution in [0.3, 0.4) is 0 Å².